The van der Waals surface area contributed by atoms with Crippen LogP contribution in [0.2, 0.25) is 5.02 Å². The third kappa shape index (κ3) is 5.41. The first-order valence-corrected chi connectivity index (χ1v) is 11.4. The number of halogens is 1. The lowest BCUT2D eigenvalue weighted by Gasteiger charge is -2.15. The maximum atomic E-state index is 12.8. The second kappa shape index (κ2) is 10.5. The van der Waals surface area contributed by atoms with Crippen LogP contribution in [0.3, 0.4) is 0 Å². The number of amides is 2. The maximum absolute atomic E-state index is 12.8. The van der Waals surface area contributed by atoms with Gasteiger partial charge in [-0.1, -0.05) is 47.5 Å². The number of nitrogens with one attached hydrogen (secondary N) is 1. The molecule has 1 saturated heterocycles. The Bertz CT molecular complexity index is 1290. The minimum atomic E-state index is -0.502. The first-order valence-electron chi connectivity index (χ1n) is 11.0. The lowest BCUT2D eigenvalue weighted by atomic mass is 10.1. The molecule has 0 saturated carbocycles. The van der Waals surface area contributed by atoms with Crippen molar-refractivity contribution in [3.63, 3.8) is 0 Å². The van der Waals surface area contributed by atoms with Gasteiger partial charge in [0.2, 0.25) is 0 Å². The predicted molar refractivity (Wildman–Crippen MR) is 135 cm³/mol. The van der Waals surface area contributed by atoms with Gasteiger partial charge in [-0.15, -0.1) is 0 Å². The van der Waals surface area contributed by atoms with Crippen LogP contribution in [0.4, 0.5) is 5.69 Å². The van der Waals surface area contributed by atoms with Crippen molar-refractivity contribution in [3.8, 4) is 17.2 Å². The molecular weight excluding hydrogens is 468 g/mol. The fourth-order valence-corrected chi connectivity index (χ4v) is 3.98. The van der Waals surface area contributed by atoms with E-state index >= 15 is 0 Å². The molecule has 3 aromatic rings. The van der Waals surface area contributed by atoms with Crippen LogP contribution in [0, 0.1) is 13.8 Å². The first-order chi connectivity index (χ1) is 16.9. The number of anilines is 1. The van der Waals surface area contributed by atoms with E-state index in [0.717, 1.165) is 11.3 Å². The molecule has 1 aliphatic heterocycles. The van der Waals surface area contributed by atoms with Crippen molar-refractivity contribution in [2.75, 3.05) is 25.3 Å². The normalized spacial score (nSPS) is 14.3. The summed E-state index contributed by atoms with van der Waals surface area (Å²) in [4.78, 5) is 25.3. The Balaban J connectivity index is 1.47. The molecule has 0 spiro atoms. The van der Waals surface area contributed by atoms with Crippen molar-refractivity contribution in [2.24, 2.45) is 0 Å². The highest BCUT2D eigenvalue weighted by atomic mass is 35.5. The first kappa shape index (κ1) is 24.2. The van der Waals surface area contributed by atoms with Crippen molar-refractivity contribution < 1.29 is 23.8 Å². The molecule has 0 bridgehead atoms. The van der Waals surface area contributed by atoms with Gasteiger partial charge in [-0.05, 0) is 61.4 Å². The number of carbonyl (C=O) groups is 2. The largest absolute Gasteiger partial charge is 0.493 e. The Morgan fingerprint density at radius 1 is 0.943 bits per heavy atom. The van der Waals surface area contributed by atoms with Crippen molar-refractivity contribution in [3.05, 3.63) is 87.9 Å². The summed E-state index contributed by atoms with van der Waals surface area (Å²) in [5.74, 6) is 0.566. The summed E-state index contributed by atoms with van der Waals surface area (Å²) in [5, 5.41) is 1.49. The number of hydrogen-bond acceptors (Lipinski definition) is 5. The third-order valence-corrected chi connectivity index (χ3v) is 5.67. The quantitative estimate of drug-likeness (QED) is 0.275. The van der Waals surface area contributed by atoms with Gasteiger partial charge in [0, 0.05) is 0 Å². The molecule has 1 N–H and O–H groups in total. The Kier molecular flexibility index (Phi) is 7.27. The SMILES string of the molecule is COc1cc(/C=C2\C(=O)NN(c3ccccc3)C2=O)cc(Cl)c1OCCOc1ccc(C)cc1C. The van der Waals surface area contributed by atoms with Gasteiger partial charge in [0.05, 0.1) is 17.8 Å². The number of aryl methyl sites for hydroxylation is 2. The zero-order valence-electron chi connectivity index (χ0n) is 19.6. The summed E-state index contributed by atoms with van der Waals surface area (Å²) < 4.78 is 17.1. The monoisotopic (exact) mass is 492 g/mol. The Morgan fingerprint density at radius 2 is 1.69 bits per heavy atom. The van der Waals surface area contributed by atoms with Crippen molar-refractivity contribution in [2.45, 2.75) is 13.8 Å². The fraction of sp³-hybridized carbons (Fsp3) is 0.185. The summed E-state index contributed by atoms with van der Waals surface area (Å²) >= 11 is 6.46. The molecule has 1 aliphatic rings. The molecule has 180 valence electrons. The molecule has 2 amide bonds. The molecule has 0 radical (unpaired) electrons. The highest BCUT2D eigenvalue weighted by molar-refractivity contribution is 6.33. The molecule has 4 rings (SSSR count). The number of methoxy groups -OCH3 is 1. The van der Waals surface area contributed by atoms with Crippen LogP contribution in [0.25, 0.3) is 6.08 Å². The third-order valence-electron chi connectivity index (χ3n) is 5.39. The summed E-state index contributed by atoms with van der Waals surface area (Å²) in [7, 11) is 1.49. The van der Waals surface area contributed by atoms with Crippen LogP contribution in [-0.2, 0) is 9.59 Å². The van der Waals surface area contributed by atoms with Gasteiger partial charge in [-0.25, -0.2) is 5.01 Å². The molecule has 0 aromatic heterocycles. The van der Waals surface area contributed by atoms with Gasteiger partial charge in [0.25, 0.3) is 11.8 Å². The maximum Gasteiger partial charge on any atom is 0.282 e. The van der Waals surface area contributed by atoms with Gasteiger partial charge >= 0.3 is 0 Å². The second-order valence-electron chi connectivity index (χ2n) is 7.98. The fourth-order valence-electron chi connectivity index (χ4n) is 3.70. The smallest absolute Gasteiger partial charge is 0.282 e. The zero-order chi connectivity index (χ0) is 24.9. The number of para-hydroxylation sites is 1. The topological polar surface area (TPSA) is 77.1 Å². The number of benzene rings is 3. The minimum Gasteiger partial charge on any atom is -0.493 e. The second-order valence-corrected chi connectivity index (χ2v) is 8.38. The molecule has 35 heavy (non-hydrogen) atoms. The van der Waals surface area contributed by atoms with E-state index in [-0.39, 0.29) is 17.2 Å². The lowest BCUT2D eigenvalue weighted by Crippen LogP contribution is -2.35. The summed E-state index contributed by atoms with van der Waals surface area (Å²) in [6, 6.07) is 18.1. The van der Waals surface area contributed by atoms with Crippen molar-refractivity contribution in [1.29, 1.82) is 0 Å². The lowest BCUT2D eigenvalue weighted by molar-refractivity contribution is -0.117. The summed E-state index contributed by atoms with van der Waals surface area (Å²) in [6.45, 7) is 4.59. The van der Waals surface area contributed by atoms with E-state index in [9.17, 15) is 9.59 Å². The molecule has 1 fully saturated rings. The molecule has 1 heterocycles. The van der Waals surface area contributed by atoms with E-state index in [1.165, 1.54) is 23.8 Å². The minimum absolute atomic E-state index is 0.0116. The summed E-state index contributed by atoms with van der Waals surface area (Å²) in [5.41, 5.74) is 5.87. The Labute approximate surface area is 208 Å². The standard InChI is InChI=1S/C27H25ClN2O5/c1-17-9-10-23(18(2)13-17)34-11-12-35-25-22(28)15-19(16-24(25)33-3)14-21-26(31)29-30(27(21)32)20-7-5-4-6-8-20/h4-10,13-16H,11-12H2,1-3H3,(H,29,31)/b21-14+. The molecule has 0 unspecified atom stereocenters. The van der Waals surface area contributed by atoms with Crippen LogP contribution >= 0.6 is 11.6 Å². The van der Waals surface area contributed by atoms with E-state index in [0.29, 0.717) is 29.4 Å². The van der Waals surface area contributed by atoms with Crippen molar-refractivity contribution in [1.82, 2.24) is 5.43 Å². The van der Waals surface area contributed by atoms with Gasteiger partial charge < -0.3 is 14.2 Å². The Morgan fingerprint density at radius 3 is 2.40 bits per heavy atom. The molecule has 8 heteroatoms. The molecule has 7 nitrogen and oxygen atoms in total. The van der Waals surface area contributed by atoms with Crippen LogP contribution in [0.1, 0.15) is 16.7 Å². The molecule has 0 aliphatic carbocycles. The average molecular weight is 493 g/mol. The van der Waals surface area contributed by atoms with Gasteiger partial charge in [0.1, 0.15) is 24.5 Å². The molecule has 3 aromatic carbocycles. The zero-order valence-corrected chi connectivity index (χ0v) is 20.4. The van der Waals surface area contributed by atoms with Crippen LogP contribution in [0.5, 0.6) is 17.2 Å². The number of ether oxygens (including phenoxy) is 3. The highest BCUT2D eigenvalue weighted by Gasteiger charge is 2.34. The molecular formula is C27H25ClN2O5. The van der Waals surface area contributed by atoms with E-state index in [1.807, 2.05) is 32.0 Å². The van der Waals surface area contributed by atoms with Gasteiger partial charge in [-0.2, -0.15) is 0 Å². The van der Waals surface area contributed by atoms with E-state index in [1.54, 1.807) is 36.4 Å². The van der Waals surface area contributed by atoms with E-state index in [4.69, 9.17) is 25.8 Å². The molecule has 0 atom stereocenters. The van der Waals surface area contributed by atoms with E-state index < -0.39 is 11.8 Å². The number of hydrazine groups is 1. The number of rotatable bonds is 8. The van der Waals surface area contributed by atoms with Crippen LogP contribution < -0.4 is 24.6 Å². The predicted octanol–water partition coefficient (Wildman–Crippen LogP) is 4.88. The van der Waals surface area contributed by atoms with E-state index in [2.05, 4.69) is 11.5 Å². The Hall–Kier alpha value is -3.97. The van der Waals surface area contributed by atoms with Gasteiger partial charge in [0.15, 0.2) is 11.5 Å². The van der Waals surface area contributed by atoms with Crippen LogP contribution in [0.15, 0.2) is 66.2 Å². The number of nitrogens with zero attached hydrogens (tertiary/aromatic N) is 1. The van der Waals surface area contributed by atoms with Gasteiger partial charge in [-0.3, -0.25) is 15.0 Å². The average Bonchev–Trinajstić information content (AvgIpc) is 3.12. The summed E-state index contributed by atoms with van der Waals surface area (Å²) in [6.07, 6.45) is 1.47. The number of carbonyl (C=O) groups excluding carboxylic acids is 2. The van der Waals surface area contributed by atoms with Crippen molar-refractivity contribution >= 4 is 35.2 Å². The highest BCUT2D eigenvalue weighted by Crippen LogP contribution is 2.37. The number of hydrogen-bond donors (Lipinski definition) is 1. The van der Waals surface area contributed by atoms with Crippen LogP contribution in [-0.4, -0.2) is 32.1 Å².